The monoisotopic (exact) mass is 345 g/mol. The molecule has 5 heteroatoms. The molecule has 3 aliphatic rings. The SMILES string of the molecule is CN1C[C@H]2CNC[C@@]2(C(=O)NCC2(c3cccc(F)c3)CCCC2)C1. The van der Waals surface area contributed by atoms with E-state index in [1.165, 1.54) is 6.07 Å². The average molecular weight is 345 g/mol. The predicted molar refractivity (Wildman–Crippen MR) is 95.8 cm³/mol. The van der Waals surface area contributed by atoms with Gasteiger partial charge in [0.25, 0.3) is 0 Å². The van der Waals surface area contributed by atoms with Gasteiger partial charge < -0.3 is 15.5 Å². The number of fused-ring (bicyclic) bond motifs is 1. The van der Waals surface area contributed by atoms with Crippen molar-refractivity contribution >= 4 is 5.91 Å². The molecule has 2 N–H and O–H groups in total. The lowest BCUT2D eigenvalue weighted by atomic mass is 9.77. The Morgan fingerprint density at radius 2 is 2.20 bits per heavy atom. The second-order valence-corrected chi connectivity index (χ2v) is 8.36. The van der Waals surface area contributed by atoms with Gasteiger partial charge in [0.05, 0.1) is 5.41 Å². The molecule has 2 aliphatic heterocycles. The minimum Gasteiger partial charge on any atom is -0.355 e. The largest absolute Gasteiger partial charge is 0.355 e. The van der Waals surface area contributed by atoms with Crippen LogP contribution in [0.3, 0.4) is 0 Å². The quantitative estimate of drug-likeness (QED) is 0.876. The molecule has 4 nitrogen and oxygen atoms in total. The second-order valence-electron chi connectivity index (χ2n) is 8.36. The van der Waals surface area contributed by atoms with Gasteiger partial charge in [-0.2, -0.15) is 0 Å². The van der Waals surface area contributed by atoms with Gasteiger partial charge in [-0.1, -0.05) is 25.0 Å². The number of likely N-dealkylation sites (tertiary alicyclic amines) is 1. The molecule has 1 aromatic carbocycles. The Bertz CT molecular complexity index is 658. The molecule has 0 unspecified atom stereocenters. The maximum Gasteiger partial charge on any atom is 0.229 e. The Hall–Kier alpha value is -1.46. The van der Waals surface area contributed by atoms with E-state index in [4.69, 9.17) is 0 Å². The molecule has 0 bridgehead atoms. The molecule has 1 aromatic rings. The zero-order valence-electron chi connectivity index (χ0n) is 15.0. The van der Waals surface area contributed by atoms with Crippen LogP contribution in [-0.2, 0) is 10.2 Å². The van der Waals surface area contributed by atoms with Gasteiger partial charge in [-0.25, -0.2) is 4.39 Å². The number of hydrogen-bond donors (Lipinski definition) is 2. The van der Waals surface area contributed by atoms with Gasteiger partial charge in [0, 0.05) is 44.1 Å². The first-order chi connectivity index (χ1) is 12.0. The van der Waals surface area contributed by atoms with Crippen molar-refractivity contribution in [3.8, 4) is 0 Å². The third-order valence-corrected chi connectivity index (χ3v) is 6.73. The predicted octanol–water partition coefficient (Wildman–Crippen LogP) is 1.90. The summed E-state index contributed by atoms with van der Waals surface area (Å²) in [5.41, 5.74) is 0.629. The fourth-order valence-corrected chi connectivity index (χ4v) is 5.36. The average Bonchev–Trinajstić information content (AvgIpc) is 3.27. The molecule has 0 aromatic heterocycles. The molecular weight excluding hydrogens is 317 g/mol. The first-order valence-corrected chi connectivity index (χ1v) is 9.48. The minimum atomic E-state index is -0.295. The van der Waals surface area contributed by atoms with Crippen molar-refractivity contribution in [2.75, 3.05) is 39.8 Å². The number of rotatable bonds is 4. The summed E-state index contributed by atoms with van der Waals surface area (Å²) >= 11 is 0. The summed E-state index contributed by atoms with van der Waals surface area (Å²) in [5, 5.41) is 6.69. The highest BCUT2D eigenvalue weighted by molar-refractivity contribution is 5.84. The molecule has 2 atom stereocenters. The third-order valence-electron chi connectivity index (χ3n) is 6.73. The Kier molecular flexibility index (Phi) is 4.32. The molecule has 4 rings (SSSR count). The highest BCUT2D eigenvalue weighted by Gasteiger charge is 2.54. The fraction of sp³-hybridized carbons (Fsp3) is 0.650. The first kappa shape index (κ1) is 17.0. The number of benzene rings is 1. The standard InChI is InChI=1S/C20H28FN3O/c1-24-11-16-10-22-13-20(16,14-24)18(25)23-12-19(7-2-3-8-19)15-5-4-6-17(21)9-15/h4-6,9,16,22H,2-3,7-8,10-14H2,1H3,(H,23,25)/t16-,20-/m1/s1. The molecule has 0 radical (unpaired) electrons. The topological polar surface area (TPSA) is 44.4 Å². The summed E-state index contributed by atoms with van der Waals surface area (Å²) in [5.74, 6) is 0.381. The van der Waals surface area contributed by atoms with Gasteiger partial charge in [0.1, 0.15) is 5.82 Å². The van der Waals surface area contributed by atoms with Gasteiger partial charge >= 0.3 is 0 Å². The van der Waals surface area contributed by atoms with Gasteiger partial charge in [0.15, 0.2) is 0 Å². The smallest absolute Gasteiger partial charge is 0.229 e. The van der Waals surface area contributed by atoms with E-state index in [0.717, 1.165) is 57.4 Å². The fourth-order valence-electron chi connectivity index (χ4n) is 5.36. The number of nitrogens with one attached hydrogen (secondary N) is 2. The van der Waals surface area contributed by atoms with E-state index < -0.39 is 0 Å². The van der Waals surface area contributed by atoms with Crippen molar-refractivity contribution in [3.05, 3.63) is 35.6 Å². The summed E-state index contributed by atoms with van der Waals surface area (Å²) < 4.78 is 13.8. The van der Waals surface area contributed by atoms with Crippen LogP contribution in [0.15, 0.2) is 24.3 Å². The highest BCUT2D eigenvalue weighted by atomic mass is 19.1. The van der Waals surface area contributed by atoms with Crippen molar-refractivity contribution in [2.24, 2.45) is 11.3 Å². The van der Waals surface area contributed by atoms with E-state index in [1.807, 2.05) is 6.07 Å². The maximum atomic E-state index is 13.8. The zero-order chi connectivity index (χ0) is 17.5. The highest BCUT2D eigenvalue weighted by Crippen LogP contribution is 2.42. The van der Waals surface area contributed by atoms with Crippen molar-refractivity contribution in [3.63, 3.8) is 0 Å². The van der Waals surface area contributed by atoms with E-state index in [-0.39, 0.29) is 22.6 Å². The van der Waals surface area contributed by atoms with Crippen LogP contribution in [0.4, 0.5) is 4.39 Å². The molecule has 1 aliphatic carbocycles. The van der Waals surface area contributed by atoms with Gasteiger partial charge in [-0.3, -0.25) is 4.79 Å². The van der Waals surface area contributed by atoms with Crippen LogP contribution in [0, 0.1) is 17.2 Å². The van der Waals surface area contributed by atoms with Crippen LogP contribution < -0.4 is 10.6 Å². The van der Waals surface area contributed by atoms with Gasteiger partial charge in [-0.05, 0) is 37.6 Å². The number of carbonyl (C=O) groups excluding carboxylic acids is 1. The molecule has 2 saturated heterocycles. The normalized spacial score (nSPS) is 31.2. The third kappa shape index (κ3) is 2.87. The zero-order valence-corrected chi connectivity index (χ0v) is 15.0. The summed E-state index contributed by atoms with van der Waals surface area (Å²) in [6.45, 7) is 4.11. The molecule has 25 heavy (non-hydrogen) atoms. The van der Waals surface area contributed by atoms with Crippen LogP contribution in [0.2, 0.25) is 0 Å². The molecular formula is C20H28FN3O. The summed E-state index contributed by atoms with van der Waals surface area (Å²) in [6, 6.07) is 6.95. The second kappa shape index (κ2) is 6.36. The lowest BCUT2D eigenvalue weighted by molar-refractivity contribution is -0.131. The van der Waals surface area contributed by atoms with Gasteiger partial charge in [-0.15, -0.1) is 0 Å². The van der Waals surface area contributed by atoms with Crippen LogP contribution in [0.5, 0.6) is 0 Å². The summed E-state index contributed by atoms with van der Waals surface area (Å²) in [4.78, 5) is 15.4. The minimum absolute atomic E-state index is 0.111. The number of halogens is 1. The van der Waals surface area contributed by atoms with E-state index >= 15 is 0 Å². The number of nitrogens with zero attached hydrogens (tertiary/aromatic N) is 1. The van der Waals surface area contributed by atoms with Crippen LogP contribution in [0.1, 0.15) is 31.2 Å². The molecule has 1 amide bonds. The lowest BCUT2D eigenvalue weighted by Crippen LogP contribution is -2.50. The first-order valence-electron chi connectivity index (χ1n) is 9.48. The number of carbonyl (C=O) groups is 1. The number of amides is 1. The van der Waals surface area contributed by atoms with Crippen molar-refractivity contribution in [1.82, 2.24) is 15.5 Å². The van der Waals surface area contributed by atoms with E-state index in [1.54, 1.807) is 12.1 Å². The Labute approximate surface area is 149 Å². The summed E-state index contributed by atoms with van der Waals surface area (Å²) in [7, 11) is 2.10. The van der Waals surface area contributed by atoms with Crippen LogP contribution in [0.25, 0.3) is 0 Å². The Morgan fingerprint density at radius 1 is 1.40 bits per heavy atom. The van der Waals surface area contributed by atoms with Crippen LogP contribution in [-0.4, -0.2) is 50.6 Å². The van der Waals surface area contributed by atoms with Crippen molar-refractivity contribution in [1.29, 1.82) is 0 Å². The molecule has 3 fully saturated rings. The summed E-state index contributed by atoms with van der Waals surface area (Å²) in [6.07, 6.45) is 4.32. The molecule has 1 saturated carbocycles. The number of hydrogen-bond acceptors (Lipinski definition) is 3. The van der Waals surface area contributed by atoms with E-state index in [0.29, 0.717) is 12.5 Å². The van der Waals surface area contributed by atoms with E-state index in [9.17, 15) is 9.18 Å². The van der Waals surface area contributed by atoms with Crippen molar-refractivity contribution < 1.29 is 9.18 Å². The molecule has 136 valence electrons. The Balaban J connectivity index is 1.51. The van der Waals surface area contributed by atoms with E-state index in [2.05, 4.69) is 22.6 Å². The lowest BCUT2D eigenvalue weighted by Gasteiger charge is -2.33. The maximum absolute atomic E-state index is 13.8. The molecule has 0 spiro atoms. The molecule has 2 heterocycles. The van der Waals surface area contributed by atoms with Crippen LogP contribution >= 0.6 is 0 Å². The van der Waals surface area contributed by atoms with Gasteiger partial charge in [0.2, 0.25) is 5.91 Å². The van der Waals surface area contributed by atoms with Crippen molar-refractivity contribution in [2.45, 2.75) is 31.1 Å². The Morgan fingerprint density at radius 3 is 2.96 bits per heavy atom.